The van der Waals surface area contributed by atoms with Crippen molar-refractivity contribution in [1.29, 1.82) is 0 Å². The van der Waals surface area contributed by atoms with Crippen LogP contribution in [0.1, 0.15) is 53.9 Å². The molecule has 3 nitrogen and oxygen atoms in total. The molecule has 0 saturated heterocycles. The van der Waals surface area contributed by atoms with E-state index in [9.17, 15) is 0 Å². The van der Waals surface area contributed by atoms with Gasteiger partial charge in [-0.15, -0.1) is 0 Å². The lowest BCUT2D eigenvalue weighted by Crippen LogP contribution is -2.39. The largest absolute Gasteiger partial charge is 0.366 e. The Morgan fingerprint density at radius 2 is 1.08 bits per heavy atom. The summed E-state index contributed by atoms with van der Waals surface area (Å²) in [5, 5.41) is 15.6. The van der Waals surface area contributed by atoms with Gasteiger partial charge in [-0.1, -0.05) is 184 Å². The van der Waals surface area contributed by atoms with Gasteiger partial charge in [-0.25, -0.2) is 0 Å². The van der Waals surface area contributed by atoms with Crippen LogP contribution in [0.3, 0.4) is 0 Å². The van der Waals surface area contributed by atoms with Crippen molar-refractivity contribution in [2.45, 2.75) is 31.5 Å². The zero-order chi connectivity index (χ0) is 40.0. The molecule has 9 aromatic carbocycles. The number of rotatable bonds is 5. The summed E-state index contributed by atoms with van der Waals surface area (Å²) in [4.78, 5) is 0. The minimum Gasteiger partial charge on any atom is -0.366 e. The highest BCUT2D eigenvalue weighted by molar-refractivity contribution is 6.21. The normalized spacial score (nSPS) is 16.8. The fourth-order valence-corrected chi connectivity index (χ4v) is 10.5. The molecule has 2 atom stereocenters. The Bertz CT molecular complexity index is 3340. The molecule has 60 heavy (non-hydrogen) atoms. The molecule has 1 aromatic heterocycles. The maximum atomic E-state index is 3.89. The first kappa shape index (κ1) is 34.8. The lowest BCUT2D eigenvalue weighted by atomic mass is 9.78. The van der Waals surface area contributed by atoms with Gasteiger partial charge in [0, 0.05) is 27.6 Å². The van der Waals surface area contributed by atoms with Gasteiger partial charge in [0.15, 0.2) is 0 Å². The lowest BCUT2D eigenvalue weighted by Gasteiger charge is -2.33. The van der Waals surface area contributed by atoms with E-state index in [1.807, 2.05) is 0 Å². The zero-order valence-corrected chi connectivity index (χ0v) is 33.7. The third-order valence-corrected chi connectivity index (χ3v) is 13.2. The zero-order valence-electron chi connectivity index (χ0n) is 33.7. The number of hydrogen-bond donors (Lipinski definition) is 2. The van der Waals surface area contributed by atoms with Crippen molar-refractivity contribution in [3.8, 4) is 27.9 Å². The summed E-state index contributed by atoms with van der Waals surface area (Å²) >= 11 is 0. The van der Waals surface area contributed by atoms with Crippen molar-refractivity contribution in [3.63, 3.8) is 0 Å². The Hall–Kier alpha value is -7.20. The second-order valence-electron chi connectivity index (χ2n) is 17.0. The van der Waals surface area contributed by atoms with E-state index in [0.29, 0.717) is 0 Å². The minimum absolute atomic E-state index is 0.0680. The van der Waals surface area contributed by atoms with Crippen LogP contribution in [0.5, 0.6) is 0 Å². The average Bonchev–Trinajstić information content (AvgIpc) is 3.78. The first-order chi connectivity index (χ1) is 29.5. The van der Waals surface area contributed by atoms with E-state index >= 15 is 0 Å². The van der Waals surface area contributed by atoms with Crippen LogP contribution in [0.25, 0.3) is 77.0 Å². The van der Waals surface area contributed by atoms with Crippen molar-refractivity contribution in [2.24, 2.45) is 0 Å². The minimum atomic E-state index is -0.239. The van der Waals surface area contributed by atoms with Gasteiger partial charge in [0.1, 0.15) is 6.17 Å². The molecular formula is C57H43N3. The summed E-state index contributed by atoms with van der Waals surface area (Å²) in [6.07, 6.45) is 2.23. The predicted molar refractivity (Wildman–Crippen MR) is 251 cm³/mol. The van der Waals surface area contributed by atoms with Crippen LogP contribution in [0, 0.1) is 0 Å². The van der Waals surface area contributed by atoms with Gasteiger partial charge >= 0.3 is 0 Å². The predicted octanol–water partition coefficient (Wildman–Crippen LogP) is 14.0. The van der Waals surface area contributed by atoms with E-state index < -0.39 is 0 Å². The summed E-state index contributed by atoms with van der Waals surface area (Å²) in [5.41, 5.74) is 16.1. The Labute approximate surface area is 350 Å². The average molecular weight is 770 g/mol. The molecule has 1 aliphatic carbocycles. The van der Waals surface area contributed by atoms with Crippen LogP contribution in [0.2, 0.25) is 0 Å². The van der Waals surface area contributed by atoms with Gasteiger partial charge in [0.25, 0.3) is 0 Å². The SMILES string of the molecule is CC1(C)c2c(c3ccccc3c3ccccc23)-c2ccc3c4ccccc4n(-c4ccc(-c5cccc(C6NC(c7ccccc7)=C[C@H](c7ccccc7)N6)c5)cc4)c3c21. The van der Waals surface area contributed by atoms with Crippen molar-refractivity contribution in [3.05, 3.63) is 228 Å². The van der Waals surface area contributed by atoms with Gasteiger partial charge in [0.2, 0.25) is 0 Å². The van der Waals surface area contributed by atoms with Gasteiger partial charge < -0.3 is 9.88 Å². The molecule has 1 aliphatic heterocycles. The molecule has 1 unspecified atom stereocenters. The van der Waals surface area contributed by atoms with E-state index in [-0.39, 0.29) is 17.6 Å². The van der Waals surface area contributed by atoms with Crippen molar-refractivity contribution in [2.75, 3.05) is 0 Å². The molecule has 0 saturated carbocycles. The highest BCUT2D eigenvalue weighted by Crippen LogP contribution is 2.57. The quantitative estimate of drug-likeness (QED) is 0.171. The molecule has 0 spiro atoms. The standard InChI is InChI=1S/C57H43N3/c1-57(2)53-46-26-12-10-23-43(46)42-22-9-11-25-45(42)52(53)48-33-32-47-44-24-13-14-27-51(44)60(55(47)54(48)57)41-30-28-36(29-31-41)39-20-15-21-40(34-39)56-58-49(37-16-5-3-6-17-37)35-50(59-56)38-18-7-4-8-19-38/h3-35,49,56,58-59H,1-2H3/t49-,56?/m1/s1. The first-order valence-corrected chi connectivity index (χ1v) is 21.1. The molecule has 0 amide bonds. The second kappa shape index (κ2) is 13.4. The smallest absolute Gasteiger partial charge is 0.104 e. The highest BCUT2D eigenvalue weighted by Gasteiger charge is 2.41. The third kappa shape index (κ3) is 5.26. The molecule has 2 heterocycles. The topological polar surface area (TPSA) is 29.0 Å². The highest BCUT2D eigenvalue weighted by atomic mass is 15.2. The molecule has 3 heteroatoms. The monoisotopic (exact) mass is 769 g/mol. The van der Waals surface area contributed by atoms with Gasteiger partial charge in [0.05, 0.1) is 17.1 Å². The van der Waals surface area contributed by atoms with E-state index in [1.54, 1.807) is 0 Å². The van der Waals surface area contributed by atoms with Gasteiger partial charge in [-0.2, -0.15) is 0 Å². The second-order valence-corrected chi connectivity index (χ2v) is 17.0. The van der Waals surface area contributed by atoms with E-state index in [1.165, 1.54) is 93.4 Å². The van der Waals surface area contributed by atoms with Crippen molar-refractivity contribution >= 4 is 49.0 Å². The number of nitrogens with zero attached hydrogens (tertiary/aromatic N) is 1. The van der Waals surface area contributed by atoms with Crippen LogP contribution in [-0.2, 0) is 5.41 Å². The fraction of sp³-hybridized carbons (Fsp3) is 0.0877. The molecular weight excluding hydrogens is 727 g/mol. The van der Waals surface area contributed by atoms with Crippen LogP contribution in [0.4, 0.5) is 0 Å². The van der Waals surface area contributed by atoms with Crippen molar-refractivity contribution < 1.29 is 0 Å². The summed E-state index contributed by atoms with van der Waals surface area (Å²) in [6, 6.07) is 71.3. The molecule has 0 radical (unpaired) electrons. The van der Waals surface area contributed by atoms with E-state index in [0.717, 1.165) is 11.4 Å². The number of fused-ring (bicyclic) bond motifs is 12. The molecule has 0 fully saturated rings. The van der Waals surface area contributed by atoms with Gasteiger partial charge in [-0.3, -0.25) is 5.32 Å². The Morgan fingerprint density at radius 3 is 1.85 bits per heavy atom. The number of para-hydroxylation sites is 1. The van der Waals surface area contributed by atoms with Crippen LogP contribution in [-0.4, -0.2) is 4.57 Å². The molecule has 2 aliphatic rings. The summed E-state index contributed by atoms with van der Waals surface area (Å²) < 4.78 is 2.53. The lowest BCUT2D eigenvalue weighted by molar-refractivity contribution is 0.443. The Morgan fingerprint density at radius 1 is 0.467 bits per heavy atom. The molecule has 0 bridgehead atoms. The first-order valence-electron chi connectivity index (χ1n) is 21.1. The molecule has 2 N–H and O–H groups in total. The third-order valence-electron chi connectivity index (χ3n) is 13.2. The Balaban J connectivity index is 0.970. The van der Waals surface area contributed by atoms with Crippen LogP contribution in [0.15, 0.2) is 200 Å². The maximum absolute atomic E-state index is 3.89. The molecule has 286 valence electrons. The van der Waals surface area contributed by atoms with E-state index in [2.05, 4.69) is 229 Å². The number of hydrogen-bond acceptors (Lipinski definition) is 2. The number of nitrogens with one attached hydrogen (secondary N) is 2. The summed E-state index contributed by atoms with van der Waals surface area (Å²) in [7, 11) is 0. The van der Waals surface area contributed by atoms with E-state index in [4.69, 9.17) is 0 Å². The maximum Gasteiger partial charge on any atom is 0.104 e. The molecule has 12 rings (SSSR count). The van der Waals surface area contributed by atoms with Crippen molar-refractivity contribution in [1.82, 2.24) is 15.2 Å². The van der Waals surface area contributed by atoms with Crippen LogP contribution < -0.4 is 10.6 Å². The summed E-state index contributed by atoms with van der Waals surface area (Å²) in [5.74, 6) is 0. The molecule has 10 aromatic rings. The Kier molecular flexibility index (Phi) is 7.79. The fourth-order valence-electron chi connectivity index (χ4n) is 10.5. The van der Waals surface area contributed by atoms with Crippen LogP contribution >= 0.6 is 0 Å². The van der Waals surface area contributed by atoms with Gasteiger partial charge in [-0.05, 0) is 102 Å². The number of benzene rings is 9. The summed E-state index contributed by atoms with van der Waals surface area (Å²) in [6.45, 7) is 4.88. The number of aromatic nitrogens is 1.